The summed E-state index contributed by atoms with van der Waals surface area (Å²) in [7, 11) is 0. The summed E-state index contributed by atoms with van der Waals surface area (Å²) in [5, 5.41) is 13.5. The van der Waals surface area contributed by atoms with Crippen molar-refractivity contribution >= 4 is 0 Å². The van der Waals surface area contributed by atoms with Gasteiger partial charge in [0.15, 0.2) is 0 Å². The van der Waals surface area contributed by atoms with E-state index in [4.69, 9.17) is 10.00 Å². The molecule has 0 atom stereocenters. The average Bonchev–Trinajstić information content (AvgIpc) is 2.87. The molecule has 0 saturated carbocycles. The Hall–Kier alpha value is -2.28. The van der Waals surface area contributed by atoms with E-state index in [0.717, 1.165) is 11.3 Å². The lowest BCUT2D eigenvalue weighted by atomic mass is 10.1. The molecule has 0 radical (unpaired) electrons. The molecule has 0 spiro atoms. The summed E-state index contributed by atoms with van der Waals surface area (Å²) >= 11 is 0. The fraction of sp³-hybridized carbons (Fsp3) is 0.375. The number of rotatable bonds is 4. The summed E-state index contributed by atoms with van der Waals surface area (Å²) in [5.74, 6) is 0.622. The van der Waals surface area contributed by atoms with E-state index in [1.807, 2.05) is 36.7 Å². The fourth-order valence-corrected chi connectivity index (χ4v) is 2.08. The summed E-state index contributed by atoms with van der Waals surface area (Å²) in [6, 6.07) is 10.1. The van der Waals surface area contributed by atoms with Gasteiger partial charge < -0.3 is 4.74 Å². The van der Waals surface area contributed by atoms with Gasteiger partial charge in [0.05, 0.1) is 17.4 Å². The molecule has 0 bridgehead atoms. The molecule has 20 heavy (non-hydrogen) atoms. The van der Waals surface area contributed by atoms with Crippen LogP contribution in [0.4, 0.5) is 0 Å². The predicted octanol–water partition coefficient (Wildman–Crippen LogP) is 3.79. The maximum Gasteiger partial charge on any atom is 0.138 e. The SMILES string of the molecule is CC(C)Oc1cc(-c2ccnn2C(C)C)ccc1C#N. The van der Waals surface area contributed by atoms with E-state index in [-0.39, 0.29) is 12.1 Å². The minimum absolute atomic E-state index is 0.0346. The lowest BCUT2D eigenvalue weighted by Crippen LogP contribution is -2.08. The van der Waals surface area contributed by atoms with E-state index in [2.05, 4.69) is 25.0 Å². The zero-order chi connectivity index (χ0) is 14.7. The van der Waals surface area contributed by atoms with Crippen LogP contribution in [0, 0.1) is 11.3 Å². The van der Waals surface area contributed by atoms with Crippen LogP contribution in [0.15, 0.2) is 30.5 Å². The van der Waals surface area contributed by atoms with Gasteiger partial charge in [0.2, 0.25) is 0 Å². The number of nitrogens with zero attached hydrogens (tertiary/aromatic N) is 3. The number of hydrogen-bond acceptors (Lipinski definition) is 3. The van der Waals surface area contributed by atoms with Crippen molar-refractivity contribution in [3.05, 3.63) is 36.0 Å². The molecule has 4 nitrogen and oxygen atoms in total. The zero-order valence-electron chi connectivity index (χ0n) is 12.3. The quantitative estimate of drug-likeness (QED) is 0.848. The molecule has 104 valence electrons. The van der Waals surface area contributed by atoms with Crippen molar-refractivity contribution in [1.82, 2.24) is 9.78 Å². The molecular formula is C16H19N3O. The number of benzene rings is 1. The van der Waals surface area contributed by atoms with Crippen LogP contribution >= 0.6 is 0 Å². The third-order valence-corrected chi connectivity index (χ3v) is 2.92. The van der Waals surface area contributed by atoms with Gasteiger partial charge in [0, 0.05) is 17.8 Å². The van der Waals surface area contributed by atoms with Gasteiger partial charge >= 0.3 is 0 Å². The monoisotopic (exact) mass is 269 g/mol. The highest BCUT2D eigenvalue weighted by Gasteiger charge is 2.12. The first-order chi connectivity index (χ1) is 9.52. The van der Waals surface area contributed by atoms with E-state index in [1.54, 1.807) is 12.3 Å². The van der Waals surface area contributed by atoms with Crippen molar-refractivity contribution in [2.45, 2.75) is 39.8 Å². The van der Waals surface area contributed by atoms with Gasteiger partial charge in [-0.15, -0.1) is 0 Å². The predicted molar refractivity (Wildman–Crippen MR) is 78.5 cm³/mol. The molecule has 1 aromatic heterocycles. The van der Waals surface area contributed by atoms with E-state index >= 15 is 0 Å². The molecule has 1 heterocycles. The summed E-state index contributed by atoms with van der Waals surface area (Å²) in [6.45, 7) is 8.08. The van der Waals surface area contributed by atoms with Crippen LogP contribution in [0.1, 0.15) is 39.3 Å². The summed E-state index contributed by atoms with van der Waals surface area (Å²) in [5.41, 5.74) is 2.59. The second-order valence-corrected chi connectivity index (χ2v) is 5.24. The number of ether oxygens (including phenoxy) is 1. The normalized spacial score (nSPS) is 10.8. The number of aromatic nitrogens is 2. The van der Waals surface area contributed by atoms with Crippen molar-refractivity contribution in [2.24, 2.45) is 0 Å². The lowest BCUT2D eigenvalue weighted by Gasteiger charge is -2.14. The molecule has 0 aliphatic rings. The molecule has 2 aromatic rings. The van der Waals surface area contributed by atoms with Crippen LogP contribution < -0.4 is 4.74 Å². The molecule has 0 fully saturated rings. The van der Waals surface area contributed by atoms with Crippen LogP contribution in [0.2, 0.25) is 0 Å². The van der Waals surface area contributed by atoms with Gasteiger partial charge in [0.25, 0.3) is 0 Å². The van der Waals surface area contributed by atoms with Crippen LogP contribution in [0.5, 0.6) is 5.75 Å². The van der Waals surface area contributed by atoms with Crippen LogP contribution in [-0.4, -0.2) is 15.9 Å². The molecule has 0 unspecified atom stereocenters. The molecule has 1 aromatic carbocycles. The number of hydrogen-bond donors (Lipinski definition) is 0. The van der Waals surface area contributed by atoms with Gasteiger partial charge in [-0.25, -0.2) is 0 Å². The Balaban J connectivity index is 2.48. The molecule has 0 aliphatic carbocycles. The molecule has 0 N–H and O–H groups in total. The Morgan fingerprint density at radius 1 is 1.20 bits per heavy atom. The molecule has 0 aliphatic heterocycles. The van der Waals surface area contributed by atoms with Gasteiger partial charge in [-0.2, -0.15) is 10.4 Å². The smallest absolute Gasteiger partial charge is 0.138 e. The van der Waals surface area contributed by atoms with Crippen molar-refractivity contribution in [1.29, 1.82) is 5.26 Å². The standard InChI is InChI=1S/C16H19N3O/c1-11(2)19-15(7-8-18-19)13-5-6-14(10-17)16(9-13)20-12(3)4/h5-9,11-12H,1-4H3. The summed E-state index contributed by atoms with van der Waals surface area (Å²) in [4.78, 5) is 0. The van der Waals surface area contributed by atoms with Crippen molar-refractivity contribution in [3.63, 3.8) is 0 Å². The van der Waals surface area contributed by atoms with E-state index in [9.17, 15) is 0 Å². The Labute approximate surface area is 119 Å². The highest BCUT2D eigenvalue weighted by molar-refractivity contribution is 5.64. The van der Waals surface area contributed by atoms with E-state index in [1.165, 1.54) is 0 Å². The summed E-state index contributed by atoms with van der Waals surface area (Å²) < 4.78 is 7.68. The average molecular weight is 269 g/mol. The minimum atomic E-state index is 0.0346. The van der Waals surface area contributed by atoms with Crippen LogP contribution in [-0.2, 0) is 0 Å². The first-order valence-corrected chi connectivity index (χ1v) is 6.77. The van der Waals surface area contributed by atoms with Gasteiger partial charge in [-0.3, -0.25) is 4.68 Å². The topological polar surface area (TPSA) is 50.8 Å². The maximum absolute atomic E-state index is 9.15. The van der Waals surface area contributed by atoms with E-state index < -0.39 is 0 Å². The molecular weight excluding hydrogens is 250 g/mol. The minimum Gasteiger partial charge on any atom is -0.490 e. The van der Waals surface area contributed by atoms with Gasteiger partial charge in [0.1, 0.15) is 11.8 Å². The Morgan fingerprint density at radius 3 is 2.55 bits per heavy atom. The second kappa shape index (κ2) is 5.79. The highest BCUT2D eigenvalue weighted by atomic mass is 16.5. The van der Waals surface area contributed by atoms with Crippen molar-refractivity contribution in [3.8, 4) is 23.1 Å². The third kappa shape index (κ3) is 2.83. The highest BCUT2D eigenvalue weighted by Crippen LogP contribution is 2.28. The number of nitriles is 1. The van der Waals surface area contributed by atoms with Gasteiger partial charge in [-0.1, -0.05) is 6.07 Å². The molecule has 0 saturated heterocycles. The van der Waals surface area contributed by atoms with Crippen molar-refractivity contribution in [2.75, 3.05) is 0 Å². The largest absolute Gasteiger partial charge is 0.490 e. The van der Waals surface area contributed by atoms with Crippen LogP contribution in [0.3, 0.4) is 0 Å². The Bertz CT molecular complexity index is 635. The third-order valence-electron chi connectivity index (χ3n) is 2.92. The second-order valence-electron chi connectivity index (χ2n) is 5.24. The maximum atomic E-state index is 9.15. The molecule has 0 amide bonds. The van der Waals surface area contributed by atoms with Crippen LogP contribution in [0.25, 0.3) is 11.3 Å². The molecule has 2 rings (SSSR count). The first kappa shape index (κ1) is 14.1. The fourth-order valence-electron chi connectivity index (χ4n) is 2.08. The van der Waals surface area contributed by atoms with Crippen molar-refractivity contribution < 1.29 is 4.74 Å². The molecule has 4 heteroatoms. The first-order valence-electron chi connectivity index (χ1n) is 6.77. The van der Waals surface area contributed by atoms with Gasteiger partial charge in [-0.05, 0) is 45.9 Å². The Morgan fingerprint density at radius 2 is 1.95 bits per heavy atom. The Kier molecular flexibility index (Phi) is 4.09. The summed E-state index contributed by atoms with van der Waals surface area (Å²) in [6.07, 6.45) is 1.82. The van der Waals surface area contributed by atoms with E-state index in [0.29, 0.717) is 11.3 Å². The zero-order valence-corrected chi connectivity index (χ0v) is 12.3. The lowest BCUT2D eigenvalue weighted by molar-refractivity contribution is 0.242.